The van der Waals surface area contributed by atoms with Crippen molar-refractivity contribution < 1.29 is 4.79 Å². The molecule has 0 unspecified atom stereocenters. The molecule has 0 aliphatic rings. The minimum Gasteiger partial charge on any atom is -0.349 e. The summed E-state index contributed by atoms with van der Waals surface area (Å²) in [5.74, 6) is 0.179. The van der Waals surface area contributed by atoms with Crippen molar-refractivity contribution in [3.05, 3.63) is 22.4 Å². The maximum Gasteiger partial charge on any atom is 0.223 e. The molecule has 0 radical (unpaired) electrons. The van der Waals surface area contributed by atoms with Gasteiger partial charge in [0.05, 0.1) is 0 Å². The third-order valence-electron chi connectivity index (χ3n) is 2.18. The van der Waals surface area contributed by atoms with Crippen LogP contribution in [0.4, 0.5) is 0 Å². The molecular formula is C11H18N2OS. The highest BCUT2D eigenvalue weighted by Gasteiger charge is 2.02. The molecular weight excluding hydrogens is 208 g/mol. The molecule has 0 saturated heterocycles. The largest absolute Gasteiger partial charge is 0.349 e. The summed E-state index contributed by atoms with van der Waals surface area (Å²) < 4.78 is 0. The third kappa shape index (κ3) is 4.95. The Bertz CT molecular complexity index is 283. The van der Waals surface area contributed by atoms with E-state index in [1.165, 1.54) is 5.56 Å². The fraction of sp³-hybridized carbons (Fsp3) is 0.545. The lowest BCUT2D eigenvalue weighted by atomic mass is 10.2. The molecule has 1 N–H and O–H groups in total. The maximum atomic E-state index is 11.2. The van der Waals surface area contributed by atoms with E-state index in [2.05, 4.69) is 22.1 Å². The van der Waals surface area contributed by atoms with Crippen molar-refractivity contribution >= 4 is 17.2 Å². The van der Waals surface area contributed by atoms with Crippen LogP contribution in [0.2, 0.25) is 0 Å². The van der Waals surface area contributed by atoms with Crippen LogP contribution in [0.3, 0.4) is 0 Å². The molecule has 1 aromatic rings. The van der Waals surface area contributed by atoms with Crippen molar-refractivity contribution in [1.29, 1.82) is 0 Å². The van der Waals surface area contributed by atoms with Crippen LogP contribution >= 0.6 is 11.3 Å². The van der Waals surface area contributed by atoms with Gasteiger partial charge in [0.15, 0.2) is 0 Å². The molecule has 1 rings (SSSR count). The van der Waals surface area contributed by atoms with Crippen LogP contribution < -0.4 is 5.32 Å². The summed E-state index contributed by atoms with van der Waals surface area (Å²) in [6, 6.07) is 2.14. The minimum absolute atomic E-state index is 0.179. The van der Waals surface area contributed by atoms with Crippen molar-refractivity contribution in [2.75, 3.05) is 27.2 Å². The Labute approximate surface area is 95.1 Å². The SMILES string of the molecule is CN(C)C(=O)CCNCCc1ccsc1. The molecule has 1 amide bonds. The number of carbonyl (C=O) groups is 1. The summed E-state index contributed by atoms with van der Waals surface area (Å²) in [5, 5.41) is 7.51. The van der Waals surface area contributed by atoms with Gasteiger partial charge in [-0.3, -0.25) is 4.79 Å². The van der Waals surface area contributed by atoms with Crippen molar-refractivity contribution in [2.24, 2.45) is 0 Å². The van der Waals surface area contributed by atoms with E-state index in [4.69, 9.17) is 0 Å². The summed E-state index contributed by atoms with van der Waals surface area (Å²) in [6.07, 6.45) is 1.62. The van der Waals surface area contributed by atoms with Gasteiger partial charge in [-0.25, -0.2) is 0 Å². The van der Waals surface area contributed by atoms with E-state index >= 15 is 0 Å². The molecule has 0 aliphatic carbocycles. The first-order valence-corrected chi connectivity index (χ1v) is 6.06. The predicted molar refractivity (Wildman–Crippen MR) is 64.2 cm³/mol. The number of amides is 1. The van der Waals surface area contributed by atoms with Crippen molar-refractivity contribution in [2.45, 2.75) is 12.8 Å². The number of hydrogen-bond donors (Lipinski definition) is 1. The van der Waals surface area contributed by atoms with Crippen molar-refractivity contribution in [1.82, 2.24) is 10.2 Å². The first kappa shape index (κ1) is 12.2. The molecule has 4 heteroatoms. The normalized spacial score (nSPS) is 10.3. The highest BCUT2D eigenvalue weighted by atomic mass is 32.1. The first-order chi connectivity index (χ1) is 7.20. The second-order valence-corrected chi connectivity index (χ2v) is 4.45. The van der Waals surface area contributed by atoms with Crippen LogP contribution in [-0.4, -0.2) is 38.0 Å². The number of hydrogen-bond acceptors (Lipinski definition) is 3. The van der Waals surface area contributed by atoms with Gasteiger partial charge in [-0.05, 0) is 35.4 Å². The van der Waals surface area contributed by atoms with Gasteiger partial charge in [-0.2, -0.15) is 11.3 Å². The smallest absolute Gasteiger partial charge is 0.223 e. The van der Waals surface area contributed by atoms with E-state index in [1.54, 1.807) is 30.3 Å². The van der Waals surface area contributed by atoms with Crippen molar-refractivity contribution in [3.63, 3.8) is 0 Å². The quantitative estimate of drug-likeness (QED) is 0.743. The molecule has 1 heterocycles. The first-order valence-electron chi connectivity index (χ1n) is 5.12. The van der Waals surface area contributed by atoms with E-state index in [1.807, 2.05) is 0 Å². The molecule has 0 aliphatic heterocycles. The molecule has 3 nitrogen and oxygen atoms in total. The Morgan fingerprint density at radius 2 is 2.27 bits per heavy atom. The fourth-order valence-electron chi connectivity index (χ4n) is 1.21. The fourth-order valence-corrected chi connectivity index (χ4v) is 1.91. The van der Waals surface area contributed by atoms with E-state index in [-0.39, 0.29) is 5.91 Å². The number of rotatable bonds is 6. The Morgan fingerprint density at radius 3 is 2.87 bits per heavy atom. The zero-order valence-electron chi connectivity index (χ0n) is 9.32. The molecule has 0 fully saturated rings. The van der Waals surface area contributed by atoms with Crippen LogP contribution in [0.5, 0.6) is 0 Å². The highest BCUT2D eigenvalue weighted by molar-refractivity contribution is 7.07. The Kier molecular flexibility index (Phi) is 5.36. The van der Waals surface area contributed by atoms with Crippen LogP contribution in [0, 0.1) is 0 Å². The highest BCUT2D eigenvalue weighted by Crippen LogP contribution is 2.05. The van der Waals surface area contributed by atoms with Gasteiger partial charge >= 0.3 is 0 Å². The van der Waals surface area contributed by atoms with Crippen molar-refractivity contribution in [3.8, 4) is 0 Å². The van der Waals surface area contributed by atoms with Gasteiger partial charge in [0.2, 0.25) is 5.91 Å². The summed E-state index contributed by atoms with van der Waals surface area (Å²) in [6.45, 7) is 1.71. The molecule has 0 bridgehead atoms. The number of carbonyl (C=O) groups excluding carboxylic acids is 1. The molecule has 1 aromatic heterocycles. The molecule has 84 valence electrons. The second-order valence-electron chi connectivity index (χ2n) is 3.67. The van der Waals surface area contributed by atoms with Crippen LogP contribution in [-0.2, 0) is 11.2 Å². The summed E-state index contributed by atoms with van der Waals surface area (Å²) in [4.78, 5) is 12.8. The molecule has 0 spiro atoms. The average molecular weight is 226 g/mol. The topological polar surface area (TPSA) is 32.3 Å². The standard InChI is InChI=1S/C11H18N2OS/c1-13(2)11(14)4-7-12-6-3-10-5-8-15-9-10/h5,8-9,12H,3-4,6-7H2,1-2H3. The zero-order valence-corrected chi connectivity index (χ0v) is 10.1. The minimum atomic E-state index is 0.179. The number of thiophene rings is 1. The number of nitrogens with one attached hydrogen (secondary N) is 1. The van der Waals surface area contributed by atoms with Gasteiger partial charge in [-0.15, -0.1) is 0 Å². The lowest BCUT2D eigenvalue weighted by Gasteiger charge is -2.10. The molecule has 15 heavy (non-hydrogen) atoms. The molecule has 0 saturated carbocycles. The third-order valence-corrected chi connectivity index (χ3v) is 2.92. The summed E-state index contributed by atoms with van der Waals surface area (Å²) >= 11 is 1.72. The van der Waals surface area contributed by atoms with Crippen LogP contribution in [0.15, 0.2) is 16.8 Å². The van der Waals surface area contributed by atoms with Gasteiger partial charge in [-0.1, -0.05) is 0 Å². The van der Waals surface area contributed by atoms with E-state index in [0.717, 1.165) is 19.5 Å². The van der Waals surface area contributed by atoms with Gasteiger partial charge < -0.3 is 10.2 Å². The monoisotopic (exact) mass is 226 g/mol. The number of nitrogens with zero attached hydrogens (tertiary/aromatic N) is 1. The lowest BCUT2D eigenvalue weighted by molar-refractivity contribution is -0.128. The zero-order chi connectivity index (χ0) is 11.1. The van der Waals surface area contributed by atoms with Gasteiger partial charge in [0.25, 0.3) is 0 Å². The lowest BCUT2D eigenvalue weighted by Crippen LogP contribution is -2.27. The van der Waals surface area contributed by atoms with E-state index < -0.39 is 0 Å². The Balaban J connectivity index is 2.00. The van der Waals surface area contributed by atoms with Crippen LogP contribution in [0.1, 0.15) is 12.0 Å². The van der Waals surface area contributed by atoms with Gasteiger partial charge in [0.1, 0.15) is 0 Å². The van der Waals surface area contributed by atoms with E-state index in [0.29, 0.717) is 6.42 Å². The van der Waals surface area contributed by atoms with E-state index in [9.17, 15) is 4.79 Å². The average Bonchev–Trinajstić information content (AvgIpc) is 2.69. The Hall–Kier alpha value is -0.870. The molecule has 0 aromatic carbocycles. The second kappa shape index (κ2) is 6.58. The Morgan fingerprint density at radius 1 is 1.47 bits per heavy atom. The van der Waals surface area contributed by atoms with Crippen LogP contribution in [0.25, 0.3) is 0 Å². The summed E-state index contributed by atoms with van der Waals surface area (Å²) in [7, 11) is 3.57. The maximum absolute atomic E-state index is 11.2. The molecule has 0 atom stereocenters. The van der Waals surface area contributed by atoms with Gasteiger partial charge in [0, 0.05) is 27.1 Å². The predicted octanol–water partition coefficient (Wildman–Crippen LogP) is 1.36. The summed E-state index contributed by atoms with van der Waals surface area (Å²) in [5.41, 5.74) is 1.37.